The van der Waals surface area contributed by atoms with Crippen LogP contribution in [0, 0.1) is 0 Å². The number of aromatic nitrogens is 4. The molecule has 1 unspecified atom stereocenters. The Kier molecular flexibility index (Phi) is 3.52. The van der Waals surface area contributed by atoms with Gasteiger partial charge < -0.3 is 4.74 Å². The van der Waals surface area contributed by atoms with Gasteiger partial charge in [0.15, 0.2) is 0 Å². The second kappa shape index (κ2) is 5.30. The summed E-state index contributed by atoms with van der Waals surface area (Å²) >= 11 is 4.71. The molecule has 0 spiro atoms. The third-order valence-corrected chi connectivity index (χ3v) is 4.35. The highest BCUT2D eigenvalue weighted by atomic mass is 79.9. The number of hydrogen-bond acceptors (Lipinski definition) is 6. The zero-order chi connectivity index (χ0) is 13.2. The molecule has 0 saturated carbocycles. The Balaban J connectivity index is 1.86. The minimum atomic E-state index is -0.222. The number of carbonyl (C=O) groups is 1. The number of benzene rings is 1. The number of rotatable bonds is 3. The Hall–Kier alpha value is -1.41. The topological polar surface area (TPSA) is 69.9 Å². The molecule has 1 aromatic heterocycles. The molecule has 8 heteroatoms. The molecule has 2 heterocycles. The highest BCUT2D eigenvalue weighted by Gasteiger charge is 2.29. The fourth-order valence-electron chi connectivity index (χ4n) is 1.71. The highest BCUT2D eigenvalue weighted by molar-refractivity contribution is 9.10. The van der Waals surface area contributed by atoms with Crippen molar-refractivity contribution in [3.8, 4) is 5.69 Å². The van der Waals surface area contributed by atoms with Crippen LogP contribution in [0.25, 0.3) is 5.69 Å². The number of esters is 1. The number of halogens is 1. The third kappa shape index (κ3) is 2.64. The smallest absolute Gasteiger partial charge is 0.319 e. The van der Waals surface area contributed by atoms with E-state index in [2.05, 4.69) is 31.5 Å². The van der Waals surface area contributed by atoms with Crippen molar-refractivity contribution in [2.75, 3.05) is 6.61 Å². The van der Waals surface area contributed by atoms with Crippen molar-refractivity contribution in [1.29, 1.82) is 0 Å². The maximum Gasteiger partial charge on any atom is 0.319 e. The molecule has 0 radical (unpaired) electrons. The van der Waals surface area contributed by atoms with Crippen LogP contribution in [0.4, 0.5) is 0 Å². The van der Waals surface area contributed by atoms with E-state index in [1.807, 2.05) is 24.3 Å². The summed E-state index contributed by atoms with van der Waals surface area (Å²) in [6.07, 6.45) is 0.691. The van der Waals surface area contributed by atoms with Crippen LogP contribution in [0.3, 0.4) is 0 Å². The van der Waals surface area contributed by atoms with Crippen molar-refractivity contribution in [3.05, 3.63) is 28.7 Å². The zero-order valence-electron chi connectivity index (χ0n) is 9.69. The van der Waals surface area contributed by atoms with Crippen molar-refractivity contribution < 1.29 is 9.53 Å². The first-order chi connectivity index (χ1) is 9.24. The quantitative estimate of drug-likeness (QED) is 0.794. The van der Waals surface area contributed by atoms with Crippen LogP contribution in [0.5, 0.6) is 0 Å². The van der Waals surface area contributed by atoms with Crippen LogP contribution in [0.2, 0.25) is 0 Å². The van der Waals surface area contributed by atoms with Crippen LogP contribution in [0.15, 0.2) is 33.9 Å². The highest BCUT2D eigenvalue weighted by Crippen LogP contribution is 2.29. The number of cyclic esters (lactones) is 1. The van der Waals surface area contributed by atoms with Crippen molar-refractivity contribution in [3.63, 3.8) is 0 Å². The standard InChI is InChI=1S/C11H9BrN4O2S/c12-7-1-3-8(4-2-7)16-11(13-14-15-16)19-9-5-6-18-10(9)17/h1-4,9H,5-6H2. The Morgan fingerprint density at radius 1 is 1.37 bits per heavy atom. The van der Waals surface area contributed by atoms with E-state index in [-0.39, 0.29) is 11.2 Å². The van der Waals surface area contributed by atoms with E-state index in [4.69, 9.17) is 4.74 Å². The molecular formula is C11H9BrN4O2S. The Morgan fingerprint density at radius 3 is 2.84 bits per heavy atom. The lowest BCUT2D eigenvalue weighted by molar-refractivity contribution is -0.137. The first-order valence-electron chi connectivity index (χ1n) is 5.61. The fraction of sp³-hybridized carbons (Fsp3) is 0.273. The van der Waals surface area contributed by atoms with Crippen molar-refractivity contribution in [1.82, 2.24) is 20.2 Å². The summed E-state index contributed by atoms with van der Waals surface area (Å²) in [5, 5.41) is 11.9. The van der Waals surface area contributed by atoms with Crippen LogP contribution in [-0.4, -0.2) is 38.0 Å². The third-order valence-electron chi connectivity index (χ3n) is 2.65. The number of carbonyl (C=O) groups excluding carboxylic acids is 1. The number of nitrogens with zero attached hydrogens (tertiary/aromatic N) is 4. The second-order valence-corrected chi connectivity index (χ2v) is 6.00. The van der Waals surface area contributed by atoms with Gasteiger partial charge in [0, 0.05) is 10.9 Å². The zero-order valence-corrected chi connectivity index (χ0v) is 12.1. The molecule has 0 bridgehead atoms. The molecule has 0 amide bonds. The fourth-order valence-corrected chi connectivity index (χ4v) is 2.93. The summed E-state index contributed by atoms with van der Waals surface area (Å²) in [5.41, 5.74) is 0.849. The molecular weight excluding hydrogens is 332 g/mol. The summed E-state index contributed by atoms with van der Waals surface area (Å²) in [5.74, 6) is -0.199. The molecule has 6 nitrogen and oxygen atoms in total. The van der Waals surface area contributed by atoms with Crippen LogP contribution in [-0.2, 0) is 9.53 Å². The van der Waals surface area contributed by atoms with Crippen molar-refractivity contribution in [2.45, 2.75) is 16.8 Å². The van der Waals surface area contributed by atoms with Gasteiger partial charge in [-0.1, -0.05) is 27.7 Å². The molecule has 1 aliphatic rings. The average molecular weight is 341 g/mol. The summed E-state index contributed by atoms with van der Waals surface area (Å²) in [6.45, 7) is 0.469. The maximum atomic E-state index is 11.5. The van der Waals surface area contributed by atoms with Gasteiger partial charge in [-0.05, 0) is 34.7 Å². The summed E-state index contributed by atoms with van der Waals surface area (Å²) < 4.78 is 7.53. The summed E-state index contributed by atoms with van der Waals surface area (Å²) in [4.78, 5) is 11.5. The van der Waals surface area contributed by atoms with Gasteiger partial charge in [-0.25, -0.2) is 0 Å². The van der Waals surface area contributed by atoms with Gasteiger partial charge in [0.1, 0.15) is 5.25 Å². The molecule has 2 aromatic rings. The maximum absolute atomic E-state index is 11.5. The van der Waals surface area contributed by atoms with E-state index in [1.54, 1.807) is 4.68 Å². The van der Waals surface area contributed by atoms with Gasteiger partial charge in [-0.3, -0.25) is 4.79 Å². The van der Waals surface area contributed by atoms with E-state index in [9.17, 15) is 4.79 Å². The van der Waals surface area contributed by atoms with Crippen molar-refractivity contribution >= 4 is 33.7 Å². The van der Waals surface area contributed by atoms with Gasteiger partial charge in [0.2, 0.25) is 5.16 Å². The lowest BCUT2D eigenvalue weighted by Crippen LogP contribution is -2.11. The second-order valence-electron chi connectivity index (χ2n) is 3.91. The minimum absolute atomic E-state index is 0.199. The van der Waals surface area contributed by atoms with E-state index in [0.717, 1.165) is 10.2 Å². The molecule has 1 saturated heterocycles. The molecule has 1 atom stereocenters. The van der Waals surface area contributed by atoms with E-state index in [0.29, 0.717) is 18.2 Å². The Morgan fingerprint density at radius 2 is 2.16 bits per heavy atom. The molecule has 1 aromatic carbocycles. The van der Waals surface area contributed by atoms with Gasteiger partial charge in [0.05, 0.1) is 12.3 Å². The molecule has 0 N–H and O–H groups in total. The van der Waals surface area contributed by atoms with Crippen LogP contribution < -0.4 is 0 Å². The SMILES string of the molecule is O=C1OCCC1Sc1nnnn1-c1ccc(Br)cc1. The molecule has 98 valence electrons. The first-order valence-corrected chi connectivity index (χ1v) is 7.29. The largest absolute Gasteiger partial charge is 0.465 e. The molecule has 0 aliphatic carbocycles. The van der Waals surface area contributed by atoms with Crippen molar-refractivity contribution in [2.24, 2.45) is 0 Å². The van der Waals surface area contributed by atoms with E-state index < -0.39 is 0 Å². The number of tetrazole rings is 1. The first kappa shape index (κ1) is 12.6. The summed E-state index contributed by atoms with van der Waals surface area (Å²) in [6, 6.07) is 7.62. The molecule has 1 fully saturated rings. The minimum Gasteiger partial charge on any atom is -0.465 e. The molecule has 1 aliphatic heterocycles. The lowest BCUT2D eigenvalue weighted by atomic mass is 10.3. The predicted molar refractivity (Wildman–Crippen MR) is 72.1 cm³/mol. The normalized spacial score (nSPS) is 18.6. The Bertz CT molecular complexity index is 601. The van der Waals surface area contributed by atoms with Gasteiger partial charge >= 0.3 is 5.97 Å². The summed E-state index contributed by atoms with van der Waals surface area (Å²) in [7, 11) is 0. The number of ether oxygens (including phenoxy) is 1. The van der Waals surface area contributed by atoms with Crippen LogP contribution in [0.1, 0.15) is 6.42 Å². The van der Waals surface area contributed by atoms with Gasteiger partial charge in [0.25, 0.3) is 0 Å². The Labute approximate surface area is 121 Å². The average Bonchev–Trinajstić information content (AvgIpc) is 3.01. The monoisotopic (exact) mass is 340 g/mol. The predicted octanol–water partition coefficient (Wildman–Crippen LogP) is 1.83. The van der Waals surface area contributed by atoms with Crippen LogP contribution >= 0.6 is 27.7 Å². The number of thioether (sulfide) groups is 1. The number of hydrogen-bond donors (Lipinski definition) is 0. The molecule has 3 rings (SSSR count). The lowest BCUT2D eigenvalue weighted by Gasteiger charge is -2.06. The van der Waals surface area contributed by atoms with Gasteiger partial charge in [-0.15, -0.1) is 5.10 Å². The van der Waals surface area contributed by atoms with E-state index in [1.165, 1.54) is 11.8 Å². The molecule has 19 heavy (non-hydrogen) atoms. The van der Waals surface area contributed by atoms with Gasteiger partial charge in [-0.2, -0.15) is 4.68 Å². The van der Waals surface area contributed by atoms with E-state index >= 15 is 0 Å².